The van der Waals surface area contributed by atoms with Gasteiger partial charge in [0.15, 0.2) is 6.61 Å². The zero-order valence-electron chi connectivity index (χ0n) is 7.65. The van der Waals surface area contributed by atoms with Gasteiger partial charge in [-0.15, -0.1) is 0 Å². The number of pyridine rings is 1. The standard InChI is InChI=1S/C8H9N3O4/c9-6(12)4-15-11-8(14)5-1-2-7(13)10-3-5/h1-3H,4H2,(H2,9,12)(H,10,13)(H,11,14). The van der Waals surface area contributed by atoms with E-state index in [1.807, 2.05) is 5.48 Å². The highest BCUT2D eigenvalue weighted by atomic mass is 16.7. The summed E-state index contributed by atoms with van der Waals surface area (Å²) in [5.41, 5.74) is 6.65. The van der Waals surface area contributed by atoms with Crippen molar-refractivity contribution in [2.75, 3.05) is 6.61 Å². The monoisotopic (exact) mass is 211 g/mol. The van der Waals surface area contributed by atoms with Crippen LogP contribution in [0.4, 0.5) is 0 Å². The number of hydrogen-bond acceptors (Lipinski definition) is 4. The van der Waals surface area contributed by atoms with Gasteiger partial charge >= 0.3 is 0 Å². The molecule has 2 amide bonds. The van der Waals surface area contributed by atoms with E-state index < -0.39 is 18.4 Å². The van der Waals surface area contributed by atoms with Crippen LogP contribution in [0.2, 0.25) is 0 Å². The molecule has 4 N–H and O–H groups in total. The molecule has 0 fully saturated rings. The molecule has 0 aromatic carbocycles. The van der Waals surface area contributed by atoms with Gasteiger partial charge in [-0.2, -0.15) is 0 Å². The molecule has 7 nitrogen and oxygen atoms in total. The number of H-pyrrole nitrogens is 1. The molecule has 0 aliphatic rings. The van der Waals surface area contributed by atoms with Crippen LogP contribution in [-0.2, 0) is 9.63 Å². The fourth-order valence-electron chi connectivity index (χ4n) is 0.783. The van der Waals surface area contributed by atoms with Crippen LogP contribution in [-0.4, -0.2) is 23.4 Å². The Bertz CT molecular complexity index is 406. The molecule has 0 aliphatic carbocycles. The Morgan fingerprint density at radius 2 is 2.20 bits per heavy atom. The molecule has 0 bridgehead atoms. The summed E-state index contributed by atoms with van der Waals surface area (Å²) in [4.78, 5) is 38.9. The summed E-state index contributed by atoms with van der Waals surface area (Å²) in [6.07, 6.45) is 1.23. The van der Waals surface area contributed by atoms with E-state index in [2.05, 4.69) is 9.82 Å². The first-order valence-corrected chi connectivity index (χ1v) is 3.99. The Morgan fingerprint density at radius 1 is 1.47 bits per heavy atom. The summed E-state index contributed by atoms with van der Waals surface area (Å²) in [6, 6.07) is 2.52. The molecule has 1 aromatic rings. The van der Waals surface area contributed by atoms with Gasteiger partial charge in [-0.25, -0.2) is 5.48 Å². The number of aromatic amines is 1. The fourth-order valence-corrected chi connectivity index (χ4v) is 0.783. The Kier molecular flexibility index (Phi) is 3.58. The van der Waals surface area contributed by atoms with Gasteiger partial charge in [0, 0.05) is 12.3 Å². The second kappa shape index (κ2) is 4.91. The number of carbonyl (C=O) groups excluding carboxylic acids is 2. The van der Waals surface area contributed by atoms with Gasteiger partial charge in [0.05, 0.1) is 5.56 Å². The Morgan fingerprint density at radius 3 is 2.73 bits per heavy atom. The van der Waals surface area contributed by atoms with Crippen LogP contribution in [0.15, 0.2) is 23.1 Å². The van der Waals surface area contributed by atoms with Crippen molar-refractivity contribution in [1.29, 1.82) is 0 Å². The van der Waals surface area contributed by atoms with Crippen molar-refractivity contribution < 1.29 is 14.4 Å². The second-order valence-corrected chi connectivity index (χ2v) is 2.63. The van der Waals surface area contributed by atoms with Crippen molar-refractivity contribution in [1.82, 2.24) is 10.5 Å². The molecule has 0 saturated carbocycles. The quantitative estimate of drug-likeness (QED) is 0.527. The number of amides is 2. The zero-order chi connectivity index (χ0) is 11.3. The minimum atomic E-state index is -0.697. The van der Waals surface area contributed by atoms with Gasteiger partial charge < -0.3 is 10.7 Å². The normalized spacial score (nSPS) is 9.60. The largest absolute Gasteiger partial charge is 0.368 e. The maximum absolute atomic E-state index is 11.2. The minimum Gasteiger partial charge on any atom is -0.368 e. The first-order valence-electron chi connectivity index (χ1n) is 3.99. The van der Waals surface area contributed by atoms with Gasteiger partial charge in [-0.05, 0) is 6.07 Å². The van der Waals surface area contributed by atoms with E-state index in [-0.39, 0.29) is 11.1 Å². The van der Waals surface area contributed by atoms with Gasteiger partial charge in [-0.1, -0.05) is 0 Å². The number of rotatable bonds is 4. The maximum atomic E-state index is 11.2. The van der Waals surface area contributed by atoms with Crippen LogP contribution in [0.25, 0.3) is 0 Å². The lowest BCUT2D eigenvalue weighted by Crippen LogP contribution is -2.29. The van der Waals surface area contributed by atoms with E-state index in [4.69, 9.17) is 5.73 Å². The van der Waals surface area contributed by atoms with Crippen molar-refractivity contribution in [3.8, 4) is 0 Å². The average Bonchev–Trinajstić information content (AvgIpc) is 2.18. The van der Waals surface area contributed by atoms with Crippen molar-refractivity contribution >= 4 is 11.8 Å². The number of hydrogen-bond donors (Lipinski definition) is 3. The van der Waals surface area contributed by atoms with Gasteiger partial charge in [0.2, 0.25) is 11.5 Å². The predicted molar refractivity (Wildman–Crippen MR) is 49.7 cm³/mol. The topological polar surface area (TPSA) is 114 Å². The summed E-state index contributed by atoms with van der Waals surface area (Å²) in [7, 11) is 0. The third-order valence-corrected chi connectivity index (χ3v) is 1.43. The van der Waals surface area contributed by atoms with Crippen LogP contribution >= 0.6 is 0 Å². The Labute approximate surface area is 84.2 Å². The first kappa shape index (κ1) is 10.9. The van der Waals surface area contributed by atoms with E-state index in [9.17, 15) is 14.4 Å². The van der Waals surface area contributed by atoms with Gasteiger partial charge in [-0.3, -0.25) is 19.2 Å². The van der Waals surface area contributed by atoms with E-state index in [0.29, 0.717) is 0 Å². The molecule has 0 unspecified atom stereocenters. The highest BCUT2D eigenvalue weighted by molar-refractivity contribution is 5.93. The van der Waals surface area contributed by atoms with Crippen molar-refractivity contribution in [3.05, 3.63) is 34.2 Å². The SMILES string of the molecule is NC(=O)CONC(=O)c1ccc(=O)[nH]c1. The molecule has 1 heterocycles. The number of aromatic nitrogens is 1. The first-order chi connectivity index (χ1) is 7.09. The molecule has 80 valence electrons. The van der Waals surface area contributed by atoms with Crippen LogP contribution in [0.3, 0.4) is 0 Å². The van der Waals surface area contributed by atoms with Crippen LogP contribution in [0, 0.1) is 0 Å². The van der Waals surface area contributed by atoms with Crippen molar-refractivity contribution in [3.63, 3.8) is 0 Å². The molecule has 1 rings (SSSR count). The number of nitrogens with one attached hydrogen (secondary N) is 2. The number of carbonyl (C=O) groups is 2. The summed E-state index contributed by atoms with van der Waals surface area (Å²) in [5, 5.41) is 0. The number of nitrogens with two attached hydrogens (primary N) is 1. The van der Waals surface area contributed by atoms with E-state index in [0.717, 1.165) is 0 Å². The number of primary amides is 1. The Balaban J connectivity index is 2.50. The molecular weight excluding hydrogens is 202 g/mol. The third-order valence-electron chi connectivity index (χ3n) is 1.43. The minimum absolute atomic E-state index is 0.207. The van der Waals surface area contributed by atoms with Crippen molar-refractivity contribution in [2.45, 2.75) is 0 Å². The highest BCUT2D eigenvalue weighted by Gasteiger charge is 2.05. The lowest BCUT2D eigenvalue weighted by molar-refractivity contribution is -0.124. The molecule has 0 radical (unpaired) electrons. The summed E-state index contributed by atoms with van der Waals surface area (Å²) < 4.78 is 0. The lowest BCUT2D eigenvalue weighted by atomic mass is 10.3. The van der Waals surface area contributed by atoms with E-state index in [1.165, 1.54) is 18.3 Å². The van der Waals surface area contributed by atoms with Crippen LogP contribution in [0.5, 0.6) is 0 Å². The summed E-state index contributed by atoms with van der Waals surface area (Å²) in [6.45, 7) is -0.408. The smallest absolute Gasteiger partial charge is 0.276 e. The molecule has 0 atom stereocenters. The zero-order valence-corrected chi connectivity index (χ0v) is 7.65. The van der Waals surface area contributed by atoms with Crippen molar-refractivity contribution in [2.24, 2.45) is 5.73 Å². The van der Waals surface area contributed by atoms with Crippen LogP contribution < -0.4 is 16.8 Å². The van der Waals surface area contributed by atoms with E-state index in [1.54, 1.807) is 0 Å². The predicted octanol–water partition coefficient (Wildman–Crippen LogP) is -1.48. The third kappa shape index (κ3) is 3.61. The molecule has 0 spiro atoms. The van der Waals surface area contributed by atoms with E-state index >= 15 is 0 Å². The fraction of sp³-hybridized carbons (Fsp3) is 0.125. The summed E-state index contributed by atoms with van der Waals surface area (Å²) >= 11 is 0. The van der Waals surface area contributed by atoms with Gasteiger partial charge in [0.1, 0.15) is 0 Å². The van der Waals surface area contributed by atoms with Crippen LogP contribution in [0.1, 0.15) is 10.4 Å². The average molecular weight is 211 g/mol. The molecule has 1 aromatic heterocycles. The molecule has 7 heteroatoms. The maximum Gasteiger partial charge on any atom is 0.276 e. The van der Waals surface area contributed by atoms with Gasteiger partial charge in [0.25, 0.3) is 5.91 Å². The molecule has 15 heavy (non-hydrogen) atoms. The lowest BCUT2D eigenvalue weighted by Gasteiger charge is -2.02. The molecule has 0 saturated heterocycles. The second-order valence-electron chi connectivity index (χ2n) is 2.63. The molecular formula is C8H9N3O4. The highest BCUT2D eigenvalue weighted by Crippen LogP contribution is 1.92. The number of hydroxylamine groups is 1. The molecule has 0 aliphatic heterocycles. The Hall–Kier alpha value is -2.15. The summed E-state index contributed by atoms with van der Waals surface area (Å²) in [5.74, 6) is -1.27.